The van der Waals surface area contributed by atoms with Crippen LogP contribution in [0.15, 0.2) is 24.3 Å². The molecule has 2 rings (SSSR count). The molecule has 0 heterocycles. The van der Waals surface area contributed by atoms with E-state index in [1.165, 1.54) is 0 Å². The number of carboxylic acid groups (broad SMARTS) is 1. The molecule has 0 spiro atoms. The van der Waals surface area contributed by atoms with Crippen LogP contribution in [0.4, 0.5) is 0 Å². The van der Waals surface area contributed by atoms with Crippen LogP contribution in [-0.4, -0.2) is 16.2 Å². The Balaban J connectivity index is 2.51. The van der Waals surface area contributed by atoms with Crippen molar-refractivity contribution in [2.75, 3.05) is 0 Å². The van der Waals surface area contributed by atoms with Gasteiger partial charge in [-0.25, -0.2) is 0 Å². The molecule has 3 heteroatoms. The summed E-state index contributed by atoms with van der Waals surface area (Å²) in [5, 5.41) is 19.5. The quantitative estimate of drug-likeness (QED) is 0.826. The average Bonchev–Trinajstić information content (AvgIpc) is 2.25. The number of benzene rings is 1. The van der Waals surface area contributed by atoms with Crippen molar-refractivity contribution in [1.29, 1.82) is 0 Å². The van der Waals surface area contributed by atoms with E-state index in [2.05, 4.69) is 13.8 Å². The second kappa shape index (κ2) is 3.84. The summed E-state index contributed by atoms with van der Waals surface area (Å²) < 4.78 is 0. The summed E-state index contributed by atoms with van der Waals surface area (Å²) in [5.74, 6) is -0.956. The SMILES string of the molecule is CC1(C)CCC(O)(CC(=O)O)c2ccccc21. The Labute approximate surface area is 101 Å². The van der Waals surface area contributed by atoms with Gasteiger partial charge in [0.15, 0.2) is 0 Å². The molecule has 0 bridgehead atoms. The van der Waals surface area contributed by atoms with Crippen LogP contribution in [-0.2, 0) is 15.8 Å². The Hall–Kier alpha value is -1.35. The number of aliphatic hydroxyl groups is 1. The van der Waals surface area contributed by atoms with Crippen LogP contribution >= 0.6 is 0 Å². The second-order valence-electron chi connectivity index (χ2n) is 5.53. The molecule has 0 fully saturated rings. The molecule has 92 valence electrons. The minimum Gasteiger partial charge on any atom is -0.481 e. The van der Waals surface area contributed by atoms with Gasteiger partial charge in [0.25, 0.3) is 0 Å². The van der Waals surface area contributed by atoms with Gasteiger partial charge in [0.05, 0.1) is 6.42 Å². The summed E-state index contributed by atoms with van der Waals surface area (Å²) in [6.45, 7) is 4.26. The van der Waals surface area contributed by atoms with E-state index >= 15 is 0 Å². The second-order valence-corrected chi connectivity index (χ2v) is 5.53. The molecule has 0 amide bonds. The Morgan fingerprint density at radius 3 is 2.41 bits per heavy atom. The molecule has 1 aliphatic carbocycles. The van der Waals surface area contributed by atoms with Gasteiger partial charge in [-0.3, -0.25) is 4.79 Å². The lowest BCUT2D eigenvalue weighted by atomic mass is 9.66. The van der Waals surface area contributed by atoms with Gasteiger partial charge in [-0.15, -0.1) is 0 Å². The average molecular weight is 234 g/mol. The number of rotatable bonds is 2. The highest BCUT2D eigenvalue weighted by molar-refractivity contribution is 5.69. The molecule has 1 aromatic rings. The molecule has 0 saturated carbocycles. The van der Waals surface area contributed by atoms with Crippen LogP contribution in [0.2, 0.25) is 0 Å². The molecule has 2 N–H and O–H groups in total. The molecule has 0 radical (unpaired) electrons. The summed E-state index contributed by atoms with van der Waals surface area (Å²) in [4.78, 5) is 10.9. The van der Waals surface area contributed by atoms with Crippen molar-refractivity contribution in [1.82, 2.24) is 0 Å². The van der Waals surface area contributed by atoms with Gasteiger partial charge in [-0.05, 0) is 29.4 Å². The molecule has 1 unspecified atom stereocenters. The number of carboxylic acids is 1. The topological polar surface area (TPSA) is 57.5 Å². The molecule has 1 aliphatic rings. The summed E-state index contributed by atoms with van der Waals surface area (Å²) in [7, 11) is 0. The predicted octanol–water partition coefficient (Wildman–Crippen LogP) is 2.42. The van der Waals surface area contributed by atoms with Gasteiger partial charge in [-0.2, -0.15) is 0 Å². The van der Waals surface area contributed by atoms with E-state index in [1.54, 1.807) is 0 Å². The largest absolute Gasteiger partial charge is 0.481 e. The van der Waals surface area contributed by atoms with Gasteiger partial charge in [0.1, 0.15) is 5.60 Å². The Morgan fingerprint density at radius 1 is 1.24 bits per heavy atom. The first-order valence-electron chi connectivity index (χ1n) is 5.89. The van der Waals surface area contributed by atoms with Gasteiger partial charge >= 0.3 is 5.97 Å². The van der Waals surface area contributed by atoms with E-state index in [0.29, 0.717) is 6.42 Å². The molecule has 1 aromatic carbocycles. The van der Waals surface area contributed by atoms with Crippen LogP contribution in [0, 0.1) is 0 Å². The first kappa shape index (κ1) is 12.1. The molecule has 17 heavy (non-hydrogen) atoms. The summed E-state index contributed by atoms with van der Waals surface area (Å²) >= 11 is 0. The van der Waals surface area contributed by atoms with E-state index < -0.39 is 11.6 Å². The van der Waals surface area contributed by atoms with E-state index in [-0.39, 0.29) is 11.8 Å². The monoisotopic (exact) mass is 234 g/mol. The molecule has 0 aliphatic heterocycles. The van der Waals surface area contributed by atoms with Crippen molar-refractivity contribution in [2.24, 2.45) is 0 Å². The third kappa shape index (κ3) is 2.07. The van der Waals surface area contributed by atoms with Crippen LogP contribution < -0.4 is 0 Å². The van der Waals surface area contributed by atoms with Gasteiger partial charge in [-0.1, -0.05) is 38.1 Å². The first-order chi connectivity index (χ1) is 7.85. The number of hydrogen-bond acceptors (Lipinski definition) is 2. The minimum atomic E-state index is -1.21. The molecule has 0 aromatic heterocycles. The Kier molecular flexibility index (Phi) is 2.74. The normalized spacial score (nSPS) is 26.3. The predicted molar refractivity (Wildman–Crippen MR) is 64.9 cm³/mol. The van der Waals surface area contributed by atoms with Crippen molar-refractivity contribution in [3.05, 3.63) is 35.4 Å². The third-order valence-electron chi connectivity index (χ3n) is 3.76. The summed E-state index contributed by atoms with van der Waals surface area (Å²) in [6.07, 6.45) is 1.08. The highest BCUT2D eigenvalue weighted by Crippen LogP contribution is 2.46. The molecular formula is C14H18O3. The van der Waals surface area contributed by atoms with E-state index in [0.717, 1.165) is 17.5 Å². The maximum absolute atomic E-state index is 10.9. The fourth-order valence-corrected chi connectivity index (χ4v) is 2.70. The zero-order valence-electron chi connectivity index (χ0n) is 10.2. The summed E-state index contributed by atoms with van der Waals surface area (Å²) in [6, 6.07) is 7.63. The number of hydrogen-bond donors (Lipinski definition) is 2. The molecule has 3 nitrogen and oxygen atoms in total. The van der Waals surface area contributed by atoms with Crippen LogP contribution in [0.1, 0.15) is 44.2 Å². The summed E-state index contributed by atoms with van der Waals surface area (Å²) in [5.41, 5.74) is 0.632. The van der Waals surface area contributed by atoms with Crippen molar-refractivity contribution < 1.29 is 15.0 Å². The van der Waals surface area contributed by atoms with Gasteiger partial charge in [0.2, 0.25) is 0 Å². The van der Waals surface area contributed by atoms with Gasteiger partial charge in [0, 0.05) is 0 Å². The Bertz CT molecular complexity index is 451. The van der Waals surface area contributed by atoms with Crippen molar-refractivity contribution >= 4 is 5.97 Å². The first-order valence-corrected chi connectivity index (χ1v) is 5.89. The molecule has 0 saturated heterocycles. The van der Waals surface area contributed by atoms with Gasteiger partial charge < -0.3 is 10.2 Å². The lowest BCUT2D eigenvalue weighted by Gasteiger charge is -2.41. The van der Waals surface area contributed by atoms with Crippen molar-refractivity contribution in [3.8, 4) is 0 Å². The van der Waals surface area contributed by atoms with E-state index in [4.69, 9.17) is 5.11 Å². The molecular weight excluding hydrogens is 216 g/mol. The maximum Gasteiger partial charge on any atom is 0.306 e. The lowest BCUT2D eigenvalue weighted by molar-refractivity contribution is -0.144. The highest BCUT2D eigenvalue weighted by Gasteiger charge is 2.42. The van der Waals surface area contributed by atoms with E-state index in [9.17, 15) is 9.90 Å². The Morgan fingerprint density at radius 2 is 1.82 bits per heavy atom. The number of carbonyl (C=O) groups is 1. The lowest BCUT2D eigenvalue weighted by Crippen LogP contribution is -2.39. The minimum absolute atomic E-state index is 0.00132. The smallest absolute Gasteiger partial charge is 0.306 e. The standard InChI is InChI=1S/C14H18O3/c1-13(2)7-8-14(17,9-12(15)16)11-6-4-3-5-10(11)13/h3-6,17H,7-9H2,1-2H3,(H,15,16). The van der Waals surface area contributed by atoms with E-state index in [1.807, 2.05) is 24.3 Å². The van der Waals surface area contributed by atoms with Crippen LogP contribution in [0.5, 0.6) is 0 Å². The third-order valence-corrected chi connectivity index (χ3v) is 3.76. The maximum atomic E-state index is 10.9. The fraction of sp³-hybridized carbons (Fsp3) is 0.500. The molecule has 1 atom stereocenters. The number of aliphatic carboxylic acids is 1. The fourth-order valence-electron chi connectivity index (χ4n) is 2.70. The highest BCUT2D eigenvalue weighted by atomic mass is 16.4. The van der Waals surface area contributed by atoms with Crippen molar-refractivity contribution in [2.45, 2.75) is 44.1 Å². The van der Waals surface area contributed by atoms with Crippen LogP contribution in [0.25, 0.3) is 0 Å². The zero-order valence-corrected chi connectivity index (χ0v) is 10.2. The number of fused-ring (bicyclic) bond motifs is 1. The van der Waals surface area contributed by atoms with Crippen molar-refractivity contribution in [3.63, 3.8) is 0 Å². The zero-order chi connectivity index (χ0) is 12.7. The van der Waals surface area contributed by atoms with Crippen LogP contribution in [0.3, 0.4) is 0 Å².